The number of halogens is 2. The molecule has 4 nitrogen and oxygen atoms in total. The molecule has 0 aliphatic carbocycles. The molecule has 1 heterocycles. The van der Waals surface area contributed by atoms with E-state index in [1.54, 1.807) is 6.07 Å². The number of rotatable bonds is 1. The molecule has 0 aliphatic heterocycles. The lowest BCUT2D eigenvalue weighted by atomic mass is 10.3. The van der Waals surface area contributed by atoms with Crippen molar-refractivity contribution in [2.45, 2.75) is 0 Å². The number of nitrogens with zero attached hydrogens (tertiary/aromatic N) is 1. The number of H-pyrrole nitrogens is 1. The summed E-state index contributed by atoms with van der Waals surface area (Å²) in [6.07, 6.45) is 1.24. The fourth-order valence-electron chi connectivity index (χ4n) is 1.28. The quantitative estimate of drug-likeness (QED) is 0.800. The van der Waals surface area contributed by atoms with Crippen molar-refractivity contribution in [1.29, 1.82) is 0 Å². The molecule has 82 valence electrons. The van der Waals surface area contributed by atoms with Crippen molar-refractivity contribution >= 4 is 22.6 Å². The number of hydrogen-bond acceptors (Lipinski definition) is 2. The van der Waals surface area contributed by atoms with E-state index in [0.717, 1.165) is 8.14 Å². The van der Waals surface area contributed by atoms with E-state index in [9.17, 15) is 14.0 Å². The predicted octanol–water partition coefficient (Wildman–Crippen LogP) is 1.27. The fourth-order valence-corrected chi connectivity index (χ4v) is 1.74. The maximum atomic E-state index is 13.6. The number of benzene rings is 1. The summed E-state index contributed by atoms with van der Waals surface area (Å²) in [6.45, 7) is 0. The van der Waals surface area contributed by atoms with E-state index < -0.39 is 17.1 Å². The second-order valence-corrected chi connectivity index (χ2v) is 4.32. The third-order valence-electron chi connectivity index (χ3n) is 1.99. The molecule has 0 radical (unpaired) electrons. The minimum atomic E-state index is -0.660. The van der Waals surface area contributed by atoms with Gasteiger partial charge in [-0.2, -0.15) is 0 Å². The van der Waals surface area contributed by atoms with Crippen molar-refractivity contribution < 1.29 is 4.39 Å². The lowest BCUT2D eigenvalue weighted by Gasteiger charge is -2.05. The van der Waals surface area contributed by atoms with Gasteiger partial charge in [-0.05, 0) is 40.8 Å². The molecule has 1 aromatic heterocycles. The summed E-state index contributed by atoms with van der Waals surface area (Å²) < 4.78 is 15.3. The Morgan fingerprint density at radius 2 is 2.00 bits per heavy atom. The highest BCUT2D eigenvalue weighted by molar-refractivity contribution is 14.1. The second-order valence-electron chi connectivity index (χ2n) is 3.08. The molecule has 0 fully saturated rings. The zero-order valence-corrected chi connectivity index (χ0v) is 10.1. The van der Waals surface area contributed by atoms with Crippen LogP contribution in [0.3, 0.4) is 0 Å². The molecule has 1 aromatic carbocycles. The number of aromatic nitrogens is 2. The highest BCUT2D eigenvalue weighted by atomic mass is 127. The summed E-state index contributed by atoms with van der Waals surface area (Å²) in [6, 6.07) is 5.64. The van der Waals surface area contributed by atoms with Crippen LogP contribution in [-0.2, 0) is 0 Å². The SMILES string of the molecule is O=c1ccn(-c2ccc(I)cc2F)c(=O)[nH]1. The molecule has 0 bridgehead atoms. The molecule has 0 unspecified atom stereocenters. The molecule has 0 amide bonds. The third kappa shape index (κ3) is 2.06. The molecule has 0 aliphatic rings. The second kappa shape index (κ2) is 4.20. The van der Waals surface area contributed by atoms with Crippen LogP contribution < -0.4 is 11.2 Å². The maximum Gasteiger partial charge on any atom is 0.333 e. The molecule has 2 aromatic rings. The van der Waals surface area contributed by atoms with Crippen LogP contribution in [0.1, 0.15) is 0 Å². The van der Waals surface area contributed by atoms with Crippen molar-refractivity contribution in [3.05, 3.63) is 60.7 Å². The Kier molecular flexibility index (Phi) is 2.90. The summed E-state index contributed by atoms with van der Waals surface area (Å²) in [5.74, 6) is -0.513. The summed E-state index contributed by atoms with van der Waals surface area (Å²) in [5, 5.41) is 0. The molecular formula is C10H6FIN2O2. The van der Waals surface area contributed by atoms with E-state index in [0.29, 0.717) is 0 Å². The van der Waals surface area contributed by atoms with Crippen LogP contribution in [-0.4, -0.2) is 9.55 Å². The Bertz CT molecular complexity index is 648. The first kappa shape index (κ1) is 11.1. The zero-order chi connectivity index (χ0) is 11.7. The maximum absolute atomic E-state index is 13.6. The molecule has 16 heavy (non-hydrogen) atoms. The van der Waals surface area contributed by atoms with Gasteiger partial charge in [-0.1, -0.05) is 0 Å². The Labute approximate surface area is 103 Å². The molecule has 0 atom stereocenters. The van der Waals surface area contributed by atoms with E-state index in [2.05, 4.69) is 4.98 Å². The van der Waals surface area contributed by atoms with Gasteiger partial charge in [0, 0.05) is 15.8 Å². The number of hydrogen-bond donors (Lipinski definition) is 1. The Morgan fingerprint density at radius 3 is 2.62 bits per heavy atom. The third-order valence-corrected chi connectivity index (χ3v) is 2.66. The monoisotopic (exact) mass is 332 g/mol. The van der Waals surface area contributed by atoms with E-state index in [1.165, 1.54) is 24.4 Å². The van der Waals surface area contributed by atoms with Crippen molar-refractivity contribution in [1.82, 2.24) is 9.55 Å². The fraction of sp³-hybridized carbons (Fsp3) is 0. The average molecular weight is 332 g/mol. The van der Waals surface area contributed by atoms with Crippen LogP contribution in [0.2, 0.25) is 0 Å². The predicted molar refractivity (Wildman–Crippen MR) is 65.3 cm³/mol. The molecule has 0 spiro atoms. The molecule has 1 N–H and O–H groups in total. The van der Waals surface area contributed by atoms with Gasteiger partial charge in [0.1, 0.15) is 5.82 Å². The first-order valence-corrected chi connectivity index (χ1v) is 5.43. The van der Waals surface area contributed by atoms with Gasteiger partial charge in [0.15, 0.2) is 0 Å². The van der Waals surface area contributed by atoms with Gasteiger partial charge in [-0.25, -0.2) is 9.18 Å². The lowest BCUT2D eigenvalue weighted by molar-refractivity contribution is 0.613. The lowest BCUT2D eigenvalue weighted by Crippen LogP contribution is -2.27. The van der Waals surface area contributed by atoms with Crippen LogP contribution in [0.25, 0.3) is 5.69 Å². The van der Waals surface area contributed by atoms with Crippen molar-refractivity contribution in [3.8, 4) is 5.69 Å². The van der Waals surface area contributed by atoms with Gasteiger partial charge >= 0.3 is 5.69 Å². The summed E-state index contributed by atoms with van der Waals surface area (Å²) in [4.78, 5) is 24.3. The van der Waals surface area contributed by atoms with Crippen LogP contribution in [0, 0.1) is 9.39 Å². The van der Waals surface area contributed by atoms with Crippen LogP contribution >= 0.6 is 22.6 Å². The van der Waals surface area contributed by atoms with E-state index >= 15 is 0 Å². The Morgan fingerprint density at radius 1 is 1.25 bits per heavy atom. The molecular weight excluding hydrogens is 326 g/mol. The molecule has 6 heteroatoms. The minimum Gasteiger partial charge on any atom is -0.274 e. The van der Waals surface area contributed by atoms with Crippen LogP contribution in [0.4, 0.5) is 4.39 Å². The molecule has 2 rings (SSSR count). The highest BCUT2D eigenvalue weighted by Crippen LogP contribution is 2.14. The largest absolute Gasteiger partial charge is 0.333 e. The number of nitrogens with one attached hydrogen (secondary N) is 1. The first-order valence-electron chi connectivity index (χ1n) is 4.35. The minimum absolute atomic E-state index is 0.113. The summed E-state index contributed by atoms with van der Waals surface area (Å²) in [7, 11) is 0. The normalized spacial score (nSPS) is 10.4. The zero-order valence-electron chi connectivity index (χ0n) is 7.91. The molecule has 0 saturated carbocycles. The van der Waals surface area contributed by atoms with Crippen molar-refractivity contribution in [2.75, 3.05) is 0 Å². The van der Waals surface area contributed by atoms with Gasteiger partial charge in [0.25, 0.3) is 5.56 Å². The van der Waals surface area contributed by atoms with Gasteiger partial charge in [-0.15, -0.1) is 0 Å². The van der Waals surface area contributed by atoms with E-state index in [-0.39, 0.29) is 5.69 Å². The van der Waals surface area contributed by atoms with Crippen molar-refractivity contribution in [3.63, 3.8) is 0 Å². The first-order chi connectivity index (χ1) is 7.58. The molecule has 0 saturated heterocycles. The van der Waals surface area contributed by atoms with Gasteiger partial charge in [0.2, 0.25) is 0 Å². The van der Waals surface area contributed by atoms with Gasteiger partial charge in [-0.3, -0.25) is 14.3 Å². The summed E-state index contributed by atoms with van der Waals surface area (Å²) >= 11 is 1.97. The van der Waals surface area contributed by atoms with Crippen LogP contribution in [0.5, 0.6) is 0 Å². The summed E-state index contributed by atoms with van der Waals surface area (Å²) in [5.41, 5.74) is -1.05. The van der Waals surface area contributed by atoms with E-state index in [4.69, 9.17) is 0 Å². The average Bonchev–Trinajstić information content (AvgIpc) is 2.19. The van der Waals surface area contributed by atoms with Crippen molar-refractivity contribution in [2.24, 2.45) is 0 Å². The van der Waals surface area contributed by atoms with Gasteiger partial charge < -0.3 is 0 Å². The van der Waals surface area contributed by atoms with Crippen LogP contribution in [0.15, 0.2) is 40.1 Å². The highest BCUT2D eigenvalue weighted by Gasteiger charge is 2.06. The standard InChI is InChI=1S/C10H6FIN2O2/c11-7-5-6(12)1-2-8(7)14-4-3-9(15)13-10(14)16/h1-5H,(H,13,15,16). The Hall–Kier alpha value is -1.44. The van der Waals surface area contributed by atoms with E-state index in [1.807, 2.05) is 22.6 Å². The van der Waals surface area contributed by atoms with Gasteiger partial charge in [0.05, 0.1) is 5.69 Å². The smallest absolute Gasteiger partial charge is 0.274 e. The topological polar surface area (TPSA) is 54.9 Å². The Balaban J connectivity index is 2.68. The number of aromatic amines is 1.